The molecule has 0 saturated carbocycles. The highest BCUT2D eigenvalue weighted by atomic mass is 19.1. The lowest BCUT2D eigenvalue weighted by Gasteiger charge is -2.34. The van der Waals surface area contributed by atoms with Crippen LogP contribution < -0.4 is 9.64 Å². The van der Waals surface area contributed by atoms with Crippen molar-refractivity contribution in [1.82, 2.24) is 10.1 Å². The first kappa shape index (κ1) is 21.0. The molecule has 3 rings (SSSR count). The number of aromatic nitrogens is 1. The highest BCUT2D eigenvalue weighted by molar-refractivity contribution is 5.99. The number of hydrogen-bond donors (Lipinski definition) is 2. The molecule has 0 amide bonds. The fourth-order valence-corrected chi connectivity index (χ4v) is 3.23. The number of rotatable bonds is 9. The quantitative estimate of drug-likeness (QED) is 0.593. The Morgan fingerprint density at radius 1 is 1.28 bits per heavy atom. The van der Waals surface area contributed by atoms with Gasteiger partial charge in [0, 0.05) is 38.3 Å². The number of carboxylic acid groups (broad SMARTS) is 1. The molecule has 2 heterocycles. The number of aliphatic hydroxyl groups excluding tert-OH is 1. The van der Waals surface area contributed by atoms with Crippen LogP contribution in [0.5, 0.6) is 5.75 Å². The molecule has 9 nitrogen and oxygen atoms in total. The minimum atomic E-state index is -1.17. The number of anilines is 1. The lowest BCUT2D eigenvalue weighted by Crippen LogP contribution is -2.47. The summed E-state index contributed by atoms with van der Waals surface area (Å²) in [6.45, 7) is 4.18. The maximum atomic E-state index is 13.7. The highest BCUT2D eigenvalue weighted by Gasteiger charge is 2.29. The fraction of sp³-hybridized carbons (Fsp3) is 0.474. The molecule has 2 aromatic rings. The van der Waals surface area contributed by atoms with Crippen LogP contribution in [0.1, 0.15) is 10.4 Å². The van der Waals surface area contributed by atoms with Gasteiger partial charge in [-0.25, -0.2) is 9.18 Å². The van der Waals surface area contributed by atoms with Crippen molar-refractivity contribution in [3.63, 3.8) is 0 Å². The van der Waals surface area contributed by atoms with Gasteiger partial charge >= 0.3 is 5.97 Å². The summed E-state index contributed by atoms with van der Waals surface area (Å²) in [4.78, 5) is 16.0. The van der Waals surface area contributed by atoms with E-state index >= 15 is 0 Å². The van der Waals surface area contributed by atoms with Crippen LogP contribution in [0.15, 0.2) is 22.7 Å². The summed E-state index contributed by atoms with van der Waals surface area (Å²) < 4.78 is 29.3. The predicted octanol–water partition coefficient (Wildman–Crippen LogP) is 1.32. The van der Waals surface area contributed by atoms with E-state index in [-0.39, 0.29) is 29.5 Å². The molecule has 0 spiro atoms. The van der Waals surface area contributed by atoms with Crippen molar-refractivity contribution < 1.29 is 33.4 Å². The molecule has 0 atom stereocenters. The molecule has 0 aliphatic carbocycles. The molecular weight excluding hydrogens is 385 g/mol. The summed E-state index contributed by atoms with van der Waals surface area (Å²) in [5.41, 5.74) is 0.317. The average molecular weight is 409 g/mol. The second-order valence-corrected chi connectivity index (χ2v) is 6.53. The normalized spacial score (nSPS) is 14.9. The lowest BCUT2D eigenvalue weighted by molar-refractivity contribution is 0.0696. The summed E-state index contributed by atoms with van der Waals surface area (Å²) in [5.74, 6) is -1.40. The van der Waals surface area contributed by atoms with Crippen molar-refractivity contribution in [2.45, 2.75) is 0 Å². The maximum absolute atomic E-state index is 13.7. The van der Waals surface area contributed by atoms with Gasteiger partial charge in [-0.05, 0) is 18.2 Å². The number of aromatic carboxylic acids is 1. The van der Waals surface area contributed by atoms with Crippen LogP contribution in [-0.2, 0) is 4.74 Å². The zero-order chi connectivity index (χ0) is 20.8. The Balaban J connectivity index is 1.74. The van der Waals surface area contributed by atoms with Gasteiger partial charge < -0.3 is 29.1 Å². The van der Waals surface area contributed by atoms with Crippen LogP contribution in [-0.4, -0.2) is 85.9 Å². The Hall–Kier alpha value is -2.69. The van der Waals surface area contributed by atoms with Gasteiger partial charge in [-0.1, -0.05) is 5.16 Å². The van der Waals surface area contributed by atoms with Crippen LogP contribution in [0, 0.1) is 5.82 Å². The first-order valence-electron chi connectivity index (χ1n) is 9.28. The van der Waals surface area contributed by atoms with Crippen LogP contribution in [0.3, 0.4) is 0 Å². The summed E-state index contributed by atoms with van der Waals surface area (Å²) in [6, 6.07) is 4.01. The number of carbonyl (C=O) groups is 1. The molecule has 1 aromatic heterocycles. The third-order valence-corrected chi connectivity index (χ3v) is 4.76. The van der Waals surface area contributed by atoms with Crippen LogP contribution in [0.2, 0.25) is 0 Å². The van der Waals surface area contributed by atoms with E-state index in [1.807, 2.05) is 4.90 Å². The number of nitrogens with zero attached hydrogens (tertiary/aromatic N) is 3. The van der Waals surface area contributed by atoms with E-state index in [1.165, 1.54) is 25.3 Å². The SMILES string of the molecule is COc1cc(-c2onc(N3CCN(CCOCCO)CC3)c2C(=O)O)ccc1F. The van der Waals surface area contributed by atoms with Crippen LogP contribution in [0.25, 0.3) is 11.3 Å². The number of benzene rings is 1. The zero-order valence-corrected chi connectivity index (χ0v) is 16.1. The Morgan fingerprint density at radius 2 is 2.03 bits per heavy atom. The van der Waals surface area contributed by atoms with Crippen LogP contribution in [0.4, 0.5) is 10.2 Å². The third-order valence-electron chi connectivity index (χ3n) is 4.76. The molecule has 0 radical (unpaired) electrons. The second-order valence-electron chi connectivity index (χ2n) is 6.53. The van der Waals surface area contributed by atoms with Crippen molar-refractivity contribution in [2.24, 2.45) is 0 Å². The predicted molar refractivity (Wildman–Crippen MR) is 102 cm³/mol. The molecule has 158 valence electrons. The molecule has 1 fully saturated rings. The molecule has 0 unspecified atom stereocenters. The smallest absolute Gasteiger partial charge is 0.343 e. The maximum Gasteiger partial charge on any atom is 0.343 e. The van der Waals surface area contributed by atoms with Crippen molar-refractivity contribution in [3.05, 3.63) is 29.6 Å². The van der Waals surface area contributed by atoms with Gasteiger partial charge in [0.1, 0.15) is 0 Å². The van der Waals surface area contributed by atoms with Gasteiger partial charge in [0.25, 0.3) is 0 Å². The number of ether oxygens (including phenoxy) is 2. The minimum absolute atomic E-state index is 0.000164. The zero-order valence-electron chi connectivity index (χ0n) is 16.1. The van der Waals surface area contributed by atoms with E-state index in [0.717, 1.165) is 6.54 Å². The Bertz CT molecular complexity index is 835. The van der Waals surface area contributed by atoms with Gasteiger partial charge in [0.2, 0.25) is 0 Å². The van der Waals surface area contributed by atoms with E-state index in [1.54, 1.807) is 0 Å². The highest BCUT2D eigenvalue weighted by Crippen LogP contribution is 2.34. The van der Waals surface area contributed by atoms with E-state index in [0.29, 0.717) is 45.0 Å². The number of hydrogen-bond acceptors (Lipinski definition) is 8. The van der Waals surface area contributed by atoms with Gasteiger partial charge in [0.15, 0.2) is 28.7 Å². The van der Waals surface area contributed by atoms with E-state index in [4.69, 9.17) is 19.1 Å². The second kappa shape index (κ2) is 9.68. The molecule has 1 saturated heterocycles. The van der Waals surface area contributed by atoms with E-state index < -0.39 is 11.8 Å². The molecule has 1 aliphatic rings. The molecule has 1 aliphatic heterocycles. The summed E-state index contributed by atoms with van der Waals surface area (Å²) in [5, 5.41) is 22.5. The van der Waals surface area contributed by atoms with Crippen molar-refractivity contribution in [3.8, 4) is 17.1 Å². The molecule has 1 aromatic carbocycles. The van der Waals surface area contributed by atoms with Crippen molar-refractivity contribution in [1.29, 1.82) is 0 Å². The molecular formula is C19H24FN3O6. The lowest BCUT2D eigenvalue weighted by atomic mass is 10.1. The number of carboxylic acids is 1. The number of aliphatic hydroxyl groups is 1. The monoisotopic (exact) mass is 409 g/mol. The Morgan fingerprint density at radius 3 is 2.69 bits per heavy atom. The first-order chi connectivity index (χ1) is 14.0. The van der Waals surface area contributed by atoms with Crippen molar-refractivity contribution >= 4 is 11.8 Å². The average Bonchev–Trinajstić information content (AvgIpc) is 3.17. The number of methoxy groups -OCH3 is 1. The fourth-order valence-electron chi connectivity index (χ4n) is 3.23. The summed E-state index contributed by atoms with van der Waals surface area (Å²) in [6.07, 6.45) is 0. The molecule has 2 N–H and O–H groups in total. The number of piperazine rings is 1. The third kappa shape index (κ3) is 4.84. The summed E-state index contributed by atoms with van der Waals surface area (Å²) >= 11 is 0. The molecule has 0 bridgehead atoms. The topological polar surface area (TPSA) is 109 Å². The van der Waals surface area contributed by atoms with Crippen molar-refractivity contribution in [2.75, 3.05) is 64.6 Å². The first-order valence-corrected chi connectivity index (χ1v) is 9.28. The van der Waals surface area contributed by atoms with Gasteiger partial charge in [0.05, 0.1) is 26.9 Å². The van der Waals surface area contributed by atoms with Gasteiger partial charge in [-0.2, -0.15) is 0 Å². The standard InChI is InChI=1S/C19H24FN3O6/c1-27-15-12-13(2-3-14(15)20)17-16(19(25)26)18(21-29-17)23-6-4-22(5-7-23)8-10-28-11-9-24/h2-3,12,24H,4-11H2,1H3,(H,25,26). The number of halogens is 1. The Labute approximate surface area is 167 Å². The van der Waals surface area contributed by atoms with Gasteiger partial charge in [-0.15, -0.1) is 0 Å². The van der Waals surface area contributed by atoms with E-state index in [2.05, 4.69) is 10.1 Å². The van der Waals surface area contributed by atoms with Crippen LogP contribution >= 0.6 is 0 Å². The molecule has 29 heavy (non-hydrogen) atoms. The minimum Gasteiger partial charge on any atom is -0.494 e. The van der Waals surface area contributed by atoms with Gasteiger partial charge in [-0.3, -0.25) is 4.90 Å². The summed E-state index contributed by atoms with van der Waals surface area (Å²) in [7, 11) is 1.33. The van der Waals surface area contributed by atoms with E-state index in [9.17, 15) is 14.3 Å². The molecule has 10 heteroatoms. The largest absolute Gasteiger partial charge is 0.494 e. The Kier molecular flexibility index (Phi) is 7.02.